The van der Waals surface area contributed by atoms with Crippen molar-refractivity contribution in [2.75, 3.05) is 20.3 Å². The highest BCUT2D eigenvalue weighted by atomic mass is 19.3. The molecule has 0 aromatic rings. The maximum absolute atomic E-state index is 12.8. The summed E-state index contributed by atoms with van der Waals surface area (Å²) in [4.78, 5) is 0. The summed E-state index contributed by atoms with van der Waals surface area (Å²) in [5.74, 6) is -4.08. The number of ether oxygens (including phenoxy) is 1. The Hall–Kier alpha value is -0.620. The lowest BCUT2D eigenvalue weighted by Crippen LogP contribution is -2.37. The highest BCUT2D eigenvalue weighted by molar-refractivity contribution is 5.11. The molecule has 0 fully saturated rings. The van der Waals surface area contributed by atoms with Gasteiger partial charge in [0.2, 0.25) is 0 Å². The molecule has 0 saturated heterocycles. The van der Waals surface area contributed by atoms with Crippen LogP contribution in [-0.2, 0) is 4.74 Å². The standard InChI is InChI=1S/C14H23F4NO/c1-19-12(9-20-10-14(17,18)13(15)16)11-7-5-3-2-4-6-8-11/h7,12-13,19H,2-6,8-10H2,1H3. The van der Waals surface area contributed by atoms with Gasteiger partial charge in [-0.15, -0.1) is 0 Å². The molecule has 0 bridgehead atoms. The molecule has 1 N–H and O–H groups in total. The van der Waals surface area contributed by atoms with E-state index < -0.39 is 19.0 Å². The minimum Gasteiger partial charge on any atom is -0.373 e. The fourth-order valence-electron chi connectivity index (χ4n) is 2.28. The zero-order valence-electron chi connectivity index (χ0n) is 11.8. The molecule has 0 spiro atoms. The average molecular weight is 297 g/mol. The van der Waals surface area contributed by atoms with Crippen LogP contribution < -0.4 is 5.32 Å². The number of allylic oxidation sites excluding steroid dienone is 1. The third-order valence-corrected chi connectivity index (χ3v) is 3.52. The predicted molar refractivity (Wildman–Crippen MR) is 70.4 cm³/mol. The van der Waals surface area contributed by atoms with Crippen molar-refractivity contribution in [3.63, 3.8) is 0 Å². The van der Waals surface area contributed by atoms with Crippen molar-refractivity contribution >= 4 is 0 Å². The average Bonchev–Trinajstić information content (AvgIpc) is 2.35. The second-order valence-corrected chi connectivity index (χ2v) is 5.15. The van der Waals surface area contributed by atoms with Gasteiger partial charge in [-0.25, -0.2) is 8.78 Å². The second kappa shape index (κ2) is 8.62. The Morgan fingerprint density at radius 2 is 1.95 bits per heavy atom. The summed E-state index contributed by atoms with van der Waals surface area (Å²) >= 11 is 0. The van der Waals surface area contributed by atoms with Gasteiger partial charge in [0.05, 0.1) is 12.6 Å². The topological polar surface area (TPSA) is 21.3 Å². The van der Waals surface area contributed by atoms with Gasteiger partial charge in [0.1, 0.15) is 6.61 Å². The van der Waals surface area contributed by atoms with Gasteiger partial charge in [-0.05, 0) is 32.7 Å². The van der Waals surface area contributed by atoms with Gasteiger partial charge in [-0.2, -0.15) is 8.78 Å². The number of hydrogen-bond acceptors (Lipinski definition) is 2. The van der Waals surface area contributed by atoms with Crippen LogP contribution in [0.4, 0.5) is 17.6 Å². The Morgan fingerprint density at radius 3 is 2.60 bits per heavy atom. The van der Waals surface area contributed by atoms with Crippen molar-refractivity contribution in [1.29, 1.82) is 0 Å². The van der Waals surface area contributed by atoms with Gasteiger partial charge in [-0.3, -0.25) is 0 Å². The van der Waals surface area contributed by atoms with E-state index in [1.54, 1.807) is 7.05 Å². The smallest absolute Gasteiger partial charge is 0.330 e. The Labute approximate surface area is 117 Å². The number of likely N-dealkylation sites (N-methyl/N-ethyl adjacent to an activating group) is 1. The summed E-state index contributed by atoms with van der Waals surface area (Å²) in [6.45, 7) is -1.25. The minimum atomic E-state index is -4.08. The zero-order chi connectivity index (χ0) is 15.0. The molecule has 20 heavy (non-hydrogen) atoms. The zero-order valence-corrected chi connectivity index (χ0v) is 11.8. The number of nitrogens with one attached hydrogen (secondary N) is 1. The van der Waals surface area contributed by atoms with E-state index in [9.17, 15) is 17.6 Å². The molecule has 0 saturated carbocycles. The summed E-state index contributed by atoms with van der Waals surface area (Å²) in [6, 6.07) is -0.179. The van der Waals surface area contributed by atoms with Crippen molar-refractivity contribution < 1.29 is 22.3 Å². The van der Waals surface area contributed by atoms with Crippen LogP contribution in [0.5, 0.6) is 0 Å². The minimum absolute atomic E-state index is 0.00928. The summed E-state index contributed by atoms with van der Waals surface area (Å²) in [6.07, 6.45) is 4.89. The number of halogens is 4. The van der Waals surface area contributed by atoms with Crippen molar-refractivity contribution in [2.24, 2.45) is 0 Å². The monoisotopic (exact) mass is 297 g/mol. The summed E-state index contributed by atoms with van der Waals surface area (Å²) in [7, 11) is 1.72. The van der Waals surface area contributed by atoms with Crippen molar-refractivity contribution in [2.45, 2.75) is 56.9 Å². The van der Waals surface area contributed by atoms with Crippen LogP contribution in [0.2, 0.25) is 0 Å². The predicted octanol–water partition coefficient (Wildman–Crippen LogP) is 3.77. The van der Waals surface area contributed by atoms with Gasteiger partial charge in [0.25, 0.3) is 0 Å². The first-order chi connectivity index (χ1) is 9.47. The lowest BCUT2D eigenvalue weighted by molar-refractivity contribution is -0.166. The molecule has 1 rings (SSSR count). The first-order valence-electron chi connectivity index (χ1n) is 7.07. The summed E-state index contributed by atoms with van der Waals surface area (Å²) < 4.78 is 54.3. The van der Waals surface area contributed by atoms with E-state index in [0.717, 1.165) is 37.7 Å². The maximum Gasteiger partial charge on any atom is 0.330 e. The Morgan fingerprint density at radius 1 is 1.25 bits per heavy atom. The lowest BCUT2D eigenvalue weighted by Gasteiger charge is -2.23. The van der Waals surface area contributed by atoms with E-state index >= 15 is 0 Å². The van der Waals surface area contributed by atoms with E-state index in [1.165, 1.54) is 6.42 Å². The van der Waals surface area contributed by atoms with Crippen LogP contribution in [0.25, 0.3) is 0 Å². The molecule has 0 heterocycles. The Bertz CT molecular complexity index is 308. The molecule has 118 valence electrons. The maximum atomic E-state index is 12.8. The molecule has 0 amide bonds. The fraction of sp³-hybridized carbons (Fsp3) is 0.857. The summed E-state index contributed by atoms with van der Waals surface area (Å²) in [5, 5.41) is 3.01. The molecule has 1 aliphatic rings. The van der Waals surface area contributed by atoms with Crippen LogP contribution in [0.1, 0.15) is 38.5 Å². The lowest BCUT2D eigenvalue weighted by atomic mass is 9.95. The van der Waals surface area contributed by atoms with Crippen LogP contribution in [-0.4, -0.2) is 38.7 Å². The van der Waals surface area contributed by atoms with Crippen molar-refractivity contribution in [1.82, 2.24) is 5.32 Å². The van der Waals surface area contributed by atoms with Crippen LogP contribution in [0.15, 0.2) is 11.6 Å². The third-order valence-electron chi connectivity index (χ3n) is 3.52. The molecule has 0 aromatic carbocycles. The van der Waals surface area contributed by atoms with Crippen LogP contribution in [0, 0.1) is 0 Å². The van der Waals surface area contributed by atoms with Crippen molar-refractivity contribution in [3.8, 4) is 0 Å². The molecule has 1 unspecified atom stereocenters. The van der Waals surface area contributed by atoms with E-state index in [4.69, 9.17) is 4.74 Å². The molecule has 0 aromatic heterocycles. The van der Waals surface area contributed by atoms with Crippen LogP contribution >= 0.6 is 0 Å². The Balaban J connectivity index is 2.46. The third kappa shape index (κ3) is 5.79. The molecule has 0 aliphatic heterocycles. The molecular weight excluding hydrogens is 274 g/mol. The van der Waals surface area contributed by atoms with Gasteiger partial charge in [0, 0.05) is 0 Å². The summed E-state index contributed by atoms with van der Waals surface area (Å²) in [5.41, 5.74) is 1.13. The van der Waals surface area contributed by atoms with E-state index in [-0.39, 0.29) is 12.6 Å². The van der Waals surface area contributed by atoms with Crippen molar-refractivity contribution in [3.05, 3.63) is 11.6 Å². The van der Waals surface area contributed by atoms with Gasteiger partial charge >= 0.3 is 12.3 Å². The van der Waals surface area contributed by atoms with Gasteiger partial charge in [-0.1, -0.05) is 24.5 Å². The quantitative estimate of drug-likeness (QED) is 0.570. The number of hydrogen-bond donors (Lipinski definition) is 1. The second-order valence-electron chi connectivity index (χ2n) is 5.15. The van der Waals surface area contributed by atoms with Crippen LogP contribution in [0.3, 0.4) is 0 Å². The SMILES string of the molecule is CNC(COCC(F)(F)C(F)F)C1=CCCCCCC1. The molecule has 2 nitrogen and oxygen atoms in total. The fourth-order valence-corrected chi connectivity index (χ4v) is 2.28. The first kappa shape index (κ1) is 17.4. The largest absolute Gasteiger partial charge is 0.373 e. The molecule has 1 aliphatic carbocycles. The first-order valence-corrected chi connectivity index (χ1v) is 7.07. The number of alkyl halides is 4. The Kier molecular flexibility index (Phi) is 7.51. The highest BCUT2D eigenvalue weighted by Crippen LogP contribution is 2.24. The van der Waals surface area contributed by atoms with E-state index in [2.05, 4.69) is 11.4 Å². The molecular formula is C14H23F4NO. The number of rotatable bonds is 7. The molecule has 0 radical (unpaired) electrons. The van der Waals surface area contributed by atoms with E-state index in [1.807, 2.05) is 0 Å². The molecule has 6 heteroatoms. The molecule has 1 atom stereocenters. The normalized spacial score (nSPS) is 19.4. The van der Waals surface area contributed by atoms with Gasteiger partial charge in [0.15, 0.2) is 0 Å². The van der Waals surface area contributed by atoms with E-state index in [0.29, 0.717) is 0 Å². The highest BCUT2D eigenvalue weighted by Gasteiger charge is 2.41. The van der Waals surface area contributed by atoms with Gasteiger partial charge < -0.3 is 10.1 Å².